The molecule has 0 spiro atoms. The topological polar surface area (TPSA) is 64.4 Å². The van der Waals surface area contributed by atoms with E-state index in [1.54, 1.807) is 11.8 Å². The van der Waals surface area contributed by atoms with Gasteiger partial charge in [0.05, 0.1) is 5.69 Å². The zero-order valence-corrected chi connectivity index (χ0v) is 9.76. The Morgan fingerprint density at radius 1 is 1.47 bits per heavy atom. The van der Waals surface area contributed by atoms with E-state index in [9.17, 15) is 0 Å². The van der Waals surface area contributed by atoms with Gasteiger partial charge in [0.25, 0.3) is 0 Å². The van der Waals surface area contributed by atoms with Crippen molar-refractivity contribution in [2.45, 2.75) is 19.9 Å². The summed E-state index contributed by atoms with van der Waals surface area (Å²) in [4.78, 5) is 4.31. The van der Waals surface area contributed by atoms with E-state index in [0.717, 1.165) is 23.4 Å². The van der Waals surface area contributed by atoms with Gasteiger partial charge in [-0.1, -0.05) is 30.8 Å². The fourth-order valence-electron chi connectivity index (χ4n) is 1.12. The van der Waals surface area contributed by atoms with E-state index < -0.39 is 0 Å². The predicted octanol–water partition coefficient (Wildman–Crippen LogP) is 2.23. The fraction of sp³-hybridized carbons (Fsp3) is 0.364. The number of nitrogens with zero attached hydrogens (tertiary/aromatic N) is 1. The highest BCUT2D eigenvalue weighted by atomic mass is 32.2. The number of rotatable bonds is 4. The Balaban J connectivity index is 2.69. The van der Waals surface area contributed by atoms with Gasteiger partial charge in [-0.2, -0.15) is 0 Å². The number of thioether (sulfide) groups is 1. The average molecular weight is 223 g/mol. The lowest BCUT2D eigenvalue weighted by atomic mass is 10.2. The molecule has 0 heterocycles. The lowest BCUT2D eigenvalue weighted by Gasteiger charge is -2.01. The average Bonchev–Trinajstić information content (AvgIpc) is 2.26. The van der Waals surface area contributed by atoms with Crippen molar-refractivity contribution >= 4 is 22.6 Å². The molecule has 4 N–H and O–H groups in total. The largest absolute Gasteiger partial charge is 0.378 e. The zero-order chi connectivity index (χ0) is 11.1. The maximum atomic E-state index is 5.77. The van der Waals surface area contributed by atoms with E-state index in [2.05, 4.69) is 11.9 Å². The van der Waals surface area contributed by atoms with E-state index in [-0.39, 0.29) is 0 Å². The van der Waals surface area contributed by atoms with Crippen molar-refractivity contribution in [3.63, 3.8) is 0 Å². The second-order valence-corrected chi connectivity index (χ2v) is 4.29. The lowest BCUT2D eigenvalue weighted by molar-refractivity contribution is 1.07. The minimum atomic E-state index is 0.533. The molecule has 0 saturated carbocycles. The van der Waals surface area contributed by atoms with Gasteiger partial charge >= 0.3 is 0 Å². The van der Waals surface area contributed by atoms with Crippen LogP contribution in [-0.4, -0.2) is 10.9 Å². The van der Waals surface area contributed by atoms with Gasteiger partial charge in [0.1, 0.15) is 0 Å². The van der Waals surface area contributed by atoms with Crippen molar-refractivity contribution in [2.75, 3.05) is 5.75 Å². The van der Waals surface area contributed by atoms with Crippen LogP contribution in [0.2, 0.25) is 0 Å². The summed E-state index contributed by atoms with van der Waals surface area (Å²) in [7, 11) is 0. The van der Waals surface area contributed by atoms with Gasteiger partial charge in [0.2, 0.25) is 0 Å². The second kappa shape index (κ2) is 6.48. The molecule has 0 aliphatic rings. The van der Waals surface area contributed by atoms with Crippen LogP contribution in [0.3, 0.4) is 0 Å². The van der Waals surface area contributed by atoms with Crippen LogP contribution in [0, 0.1) is 0 Å². The Kier molecular flexibility index (Phi) is 5.21. The number of amidine groups is 1. The standard InChI is InChI=1S/C11H17N3S/c1-2-6-15-11(13)14-10-5-3-4-9(7-10)8-12/h3-5,7H,2,6,8,12H2,1H3,(H2,13,14). The predicted molar refractivity (Wildman–Crippen MR) is 68.4 cm³/mol. The molecule has 1 aromatic carbocycles. The number of aliphatic imine (C=N–C) groups is 1. The Bertz CT molecular complexity index is 336. The molecule has 1 rings (SSSR count). The summed E-state index contributed by atoms with van der Waals surface area (Å²) in [5.41, 5.74) is 13.3. The third kappa shape index (κ3) is 4.36. The van der Waals surface area contributed by atoms with Crippen LogP contribution in [0.4, 0.5) is 5.69 Å². The number of nitrogens with two attached hydrogens (primary N) is 2. The molecule has 1 aromatic rings. The summed E-state index contributed by atoms with van der Waals surface area (Å²) in [6, 6.07) is 7.81. The SMILES string of the molecule is CCCSC(N)=Nc1cccc(CN)c1. The van der Waals surface area contributed by atoms with Gasteiger partial charge in [-0.15, -0.1) is 0 Å². The van der Waals surface area contributed by atoms with Crippen LogP contribution in [0.15, 0.2) is 29.3 Å². The summed E-state index contributed by atoms with van der Waals surface area (Å²) >= 11 is 1.58. The van der Waals surface area contributed by atoms with Crippen LogP contribution in [0.25, 0.3) is 0 Å². The van der Waals surface area contributed by atoms with Crippen LogP contribution in [-0.2, 0) is 6.54 Å². The number of hydrogen-bond donors (Lipinski definition) is 2. The summed E-state index contributed by atoms with van der Waals surface area (Å²) in [6.45, 7) is 2.65. The lowest BCUT2D eigenvalue weighted by Crippen LogP contribution is -2.06. The highest BCUT2D eigenvalue weighted by Crippen LogP contribution is 2.15. The highest BCUT2D eigenvalue weighted by molar-refractivity contribution is 8.13. The molecule has 3 nitrogen and oxygen atoms in total. The molecular weight excluding hydrogens is 206 g/mol. The zero-order valence-electron chi connectivity index (χ0n) is 8.94. The van der Waals surface area contributed by atoms with Crippen molar-refractivity contribution in [1.29, 1.82) is 0 Å². The van der Waals surface area contributed by atoms with E-state index in [0.29, 0.717) is 11.7 Å². The Morgan fingerprint density at radius 2 is 2.27 bits per heavy atom. The van der Waals surface area contributed by atoms with Gasteiger partial charge in [0.15, 0.2) is 5.17 Å². The summed E-state index contributed by atoms with van der Waals surface area (Å²) < 4.78 is 0. The van der Waals surface area contributed by atoms with Crippen molar-refractivity contribution < 1.29 is 0 Å². The third-order valence-corrected chi connectivity index (χ3v) is 2.84. The monoisotopic (exact) mass is 223 g/mol. The Morgan fingerprint density at radius 3 is 2.93 bits per heavy atom. The Labute approximate surface area is 95.0 Å². The Hall–Kier alpha value is -1.00. The van der Waals surface area contributed by atoms with Gasteiger partial charge in [-0.25, -0.2) is 4.99 Å². The van der Waals surface area contributed by atoms with Crippen LogP contribution >= 0.6 is 11.8 Å². The molecule has 0 amide bonds. The normalized spacial score (nSPS) is 11.7. The fourth-order valence-corrected chi connectivity index (χ4v) is 1.70. The third-order valence-electron chi connectivity index (χ3n) is 1.84. The molecule has 0 fully saturated rings. The van der Waals surface area contributed by atoms with Crippen molar-refractivity contribution in [3.8, 4) is 0 Å². The summed E-state index contributed by atoms with van der Waals surface area (Å²) in [5.74, 6) is 1.01. The first-order chi connectivity index (χ1) is 7.26. The molecule has 0 atom stereocenters. The van der Waals surface area contributed by atoms with Gasteiger partial charge < -0.3 is 11.5 Å². The molecule has 0 saturated heterocycles. The van der Waals surface area contributed by atoms with Crippen LogP contribution in [0.1, 0.15) is 18.9 Å². The molecule has 0 aromatic heterocycles. The summed E-state index contributed by atoms with van der Waals surface area (Å²) in [6.07, 6.45) is 1.10. The molecule has 0 unspecified atom stereocenters. The van der Waals surface area contributed by atoms with Crippen LogP contribution in [0.5, 0.6) is 0 Å². The molecule has 0 radical (unpaired) electrons. The molecule has 4 heteroatoms. The minimum absolute atomic E-state index is 0.533. The molecular formula is C11H17N3S. The van der Waals surface area contributed by atoms with Crippen molar-refractivity contribution in [3.05, 3.63) is 29.8 Å². The maximum Gasteiger partial charge on any atom is 0.159 e. The second-order valence-electron chi connectivity index (χ2n) is 3.17. The van der Waals surface area contributed by atoms with Gasteiger partial charge in [-0.05, 0) is 24.1 Å². The van der Waals surface area contributed by atoms with Crippen molar-refractivity contribution in [2.24, 2.45) is 16.5 Å². The van der Waals surface area contributed by atoms with E-state index in [1.165, 1.54) is 0 Å². The highest BCUT2D eigenvalue weighted by Gasteiger charge is 1.95. The van der Waals surface area contributed by atoms with Gasteiger partial charge in [-0.3, -0.25) is 0 Å². The molecule has 0 aliphatic heterocycles. The van der Waals surface area contributed by atoms with E-state index >= 15 is 0 Å². The smallest absolute Gasteiger partial charge is 0.159 e. The maximum absolute atomic E-state index is 5.77. The van der Waals surface area contributed by atoms with Crippen molar-refractivity contribution in [1.82, 2.24) is 0 Å². The molecule has 0 aliphatic carbocycles. The first kappa shape index (κ1) is 12.1. The first-order valence-corrected chi connectivity index (χ1v) is 6.00. The van der Waals surface area contributed by atoms with Crippen LogP contribution < -0.4 is 11.5 Å². The number of hydrogen-bond acceptors (Lipinski definition) is 3. The van der Waals surface area contributed by atoms with E-state index in [1.807, 2.05) is 24.3 Å². The summed E-state index contributed by atoms with van der Waals surface area (Å²) in [5, 5.41) is 0.617. The number of benzene rings is 1. The van der Waals surface area contributed by atoms with E-state index in [4.69, 9.17) is 11.5 Å². The molecule has 82 valence electrons. The van der Waals surface area contributed by atoms with Gasteiger partial charge in [0, 0.05) is 12.3 Å². The minimum Gasteiger partial charge on any atom is -0.378 e. The quantitative estimate of drug-likeness (QED) is 0.607. The first-order valence-electron chi connectivity index (χ1n) is 5.02. The molecule has 0 bridgehead atoms. The molecule has 15 heavy (non-hydrogen) atoms.